The van der Waals surface area contributed by atoms with Gasteiger partial charge >= 0.3 is 0 Å². The molecule has 1 unspecified atom stereocenters. The van der Waals surface area contributed by atoms with Gasteiger partial charge in [-0.1, -0.05) is 6.92 Å². The van der Waals surface area contributed by atoms with Crippen LogP contribution in [-0.2, 0) is 6.42 Å². The first-order valence-electron chi connectivity index (χ1n) is 6.43. The first-order chi connectivity index (χ1) is 8.15. The van der Waals surface area contributed by atoms with Crippen LogP contribution in [0.3, 0.4) is 0 Å². The molecule has 0 fully saturated rings. The Morgan fingerprint density at radius 2 is 2.12 bits per heavy atom. The number of nitrogens with one attached hydrogen (secondary N) is 1. The van der Waals surface area contributed by atoms with Gasteiger partial charge in [0.25, 0.3) is 0 Å². The molecule has 1 rings (SSSR count). The van der Waals surface area contributed by atoms with E-state index in [1.165, 1.54) is 5.56 Å². The minimum atomic E-state index is 0.202. The Balaban J connectivity index is 2.53. The van der Waals surface area contributed by atoms with Crippen LogP contribution in [0.1, 0.15) is 39.2 Å². The van der Waals surface area contributed by atoms with Crippen LogP contribution in [0.4, 0.5) is 0 Å². The first-order valence-corrected chi connectivity index (χ1v) is 6.43. The zero-order valence-electron chi connectivity index (χ0n) is 11.4. The lowest BCUT2D eigenvalue weighted by molar-refractivity contribution is 0.241. The molecule has 3 heteroatoms. The summed E-state index contributed by atoms with van der Waals surface area (Å²) in [6, 6.07) is 2.68. The van der Waals surface area contributed by atoms with Crippen LogP contribution in [0.5, 0.6) is 5.75 Å². The number of hydrogen-bond acceptors (Lipinski definition) is 3. The molecule has 0 bridgehead atoms. The first kappa shape index (κ1) is 14.0. The topological polar surface area (TPSA) is 34.1 Å². The predicted molar refractivity (Wildman–Crippen MR) is 71.5 cm³/mol. The molecule has 1 aromatic heterocycles. The van der Waals surface area contributed by atoms with Gasteiger partial charge in [0.15, 0.2) is 0 Å². The number of rotatable bonds is 7. The van der Waals surface area contributed by atoms with E-state index in [1.807, 2.05) is 27.1 Å². The Bertz CT molecular complexity index is 322. The molecule has 0 spiro atoms. The SMILES string of the molecule is CCC(CCc1cncc(OC(C)C)c1)NC. The summed E-state index contributed by atoms with van der Waals surface area (Å²) in [4.78, 5) is 4.22. The van der Waals surface area contributed by atoms with Crippen molar-refractivity contribution in [1.82, 2.24) is 10.3 Å². The molecule has 0 saturated carbocycles. The molecule has 17 heavy (non-hydrogen) atoms. The fourth-order valence-electron chi connectivity index (χ4n) is 1.83. The molecule has 0 aliphatic carbocycles. The van der Waals surface area contributed by atoms with Gasteiger partial charge in [-0.3, -0.25) is 4.98 Å². The zero-order chi connectivity index (χ0) is 12.7. The second-order valence-corrected chi connectivity index (χ2v) is 4.63. The summed E-state index contributed by atoms with van der Waals surface area (Å²) in [7, 11) is 2.02. The average molecular weight is 236 g/mol. The molecule has 0 radical (unpaired) electrons. The van der Waals surface area contributed by atoms with Gasteiger partial charge in [0, 0.05) is 12.2 Å². The van der Waals surface area contributed by atoms with Gasteiger partial charge in [0.2, 0.25) is 0 Å². The highest BCUT2D eigenvalue weighted by atomic mass is 16.5. The van der Waals surface area contributed by atoms with Crippen LogP contribution in [0.2, 0.25) is 0 Å². The van der Waals surface area contributed by atoms with Crippen LogP contribution in [0.15, 0.2) is 18.5 Å². The maximum atomic E-state index is 5.64. The highest BCUT2D eigenvalue weighted by molar-refractivity contribution is 5.23. The Hall–Kier alpha value is -1.09. The molecular weight excluding hydrogens is 212 g/mol. The molecule has 0 amide bonds. The van der Waals surface area contributed by atoms with Crippen LogP contribution < -0.4 is 10.1 Å². The van der Waals surface area contributed by atoms with Gasteiger partial charge in [0.1, 0.15) is 5.75 Å². The summed E-state index contributed by atoms with van der Waals surface area (Å²) >= 11 is 0. The fraction of sp³-hybridized carbons (Fsp3) is 0.643. The molecule has 96 valence electrons. The van der Waals surface area contributed by atoms with Crippen LogP contribution >= 0.6 is 0 Å². The second-order valence-electron chi connectivity index (χ2n) is 4.63. The van der Waals surface area contributed by atoms with E-state index in [0.717, 1.165) is 25.0 Å². The Labute approximate surface area is 105 Å². The summed E-state index contributed by atoms with van der Waals surface area (Å²) in [6.45, 7) is 6.26. The van der Waals surface area contributed by atoms with Crippen LogP contribution in [0.25, 0.3) is 0 Å². The highest BCUT2D eigenvalue weighted by Crippen LogP contribution is 2.15. The Morgan fingerprint density at radius 3 is 2.71 bits per heavy atom. The second kappa shape index (κ2) is 7.28. The van der Waals surface area contributed by atoms with Crippen LogP contribution in [0, 0.1) is 0 Å². The van der Waals surface area contributed by atoms with Crippen molar-refractivity contribution in [3.63, 3.8) is 0 Å². The van der Waals surface area contributed by atoms with Gasteiger partial charge < -0.3 is 10.1 Å². The average Bonchev–Trinajstić information content (AvgIpc) is 2.30. The largest absolute Gasteiger partial charge is 0.489 e. The number of hydrogen-bond donors (Lipinski definition) is 1. The van der Waals surface area contributed by atoms with Gasteiger partial charge in [-0.25, -0.2) is 0 Å². The van der Waals surface area contributed by atoms with Crippen molar-refractivity contribution in [3.05, 3.63) is 24.0 Å². The molecule has 0 aromatic carbocycles. The number of aromatic nitrogens is 1. The predicted octanol–water partition coefficient (Wildman–Crippen LogP) is 2.80. The number of ether oxygens (including phenoxy) is 1. The Morgan fingerprint density at radius 1 is 1.35 bits per heavy atom. The van der Waals surface area contributed by atoms with E-state index in [2.05, 4.69) is 23.3 Å². The van der Waals surface area contributed by atoms with E-state index < -0.39 is 0 Å². The molecule has 0 saturated heterocycles. The van der Waals surface area contributed by atoms with Gasteiger partial charge in [-0.15, -0.1) is 0 Å². The van der Waals surface area contributed by atoms with E-state index in [0.29, 0.717) is 6.04 Å². The maximum absolute atomic E-state index is 5.64. The van der Waals surface area contributed by atoms with E-state index in [-0.39, 0.29) is 6.10 Å². The number of aryl methyl sites for hydroxylation is 1. The number of nitrogens with zero attached hydrogens (tertiary/aromatic N) is 1. The molecule has 0 aliphatic rings. The number of pyridine rings is 1. The third kappa shape index (κ3) is 5.18. The van der Waals surface area contributed by atoms with Crippen molar-refractivity contribution in [3.8, 4) is 5.75 Å². The fourth-order valence-corrected chi connectivity index (χ4v) is 1.83. The summed E-state index contributed by atoms with van der Waals surface area (Å²) in [5, 5.41) is 3.32. The molecular formula is C14H24N2O. The third-order valence-electron chi connectivity index (χ3n) is 2.82. The third-order valence-corrected chi connectivity index (χ3v) is 2.82. The molecule has 1 heterocycles. The van der Waals surface area contributed by atoms with Crippen molar-refractivity contribution in [2.75, 3.05) is 7.05 Å². The lowest BCUT2D eigenvalue weighted by Crippen LogP contribution is -2.24. The molecule has 1 atom stereocenters. The van der Waals surface area contributed by atoms with Crippen LogP contribution in [-0.4, -0.2) is 24.2 Å². The standard InChI is InChI=1S/C14H24N2O/c1-5-13(15-4)7-6-12-8-14(10-16-9-12)17-11(2)3/h8-11,13,15H,5-7H2,1-4H3. The van der Waals surface area contributed by atoms with Crippen molar-refractivity contribution in [2.24, 2.45) is 0 Å². The summed E-state index contributed by atoms with van der Waals surface area (Å²) < 4.78 is 5.64. The van der Waals surface area contributed by atoms with E-state index in [1.54, 1.807) is 6.20 Å². The smallest absolute Gasteiger partial charge is 0.138 e. The van der Waals surface area contributed by atoms with Crippen molar-refractivity contribution in [2.45, 2.75) is 52.2 Å². The quantitative estimate of drug-likeness (QED) is 0.790. The normalized spacial score (nSPS) is 12.8. The maximum Gasteiger partial charge on any atom is 0.138 e. The lowest BCUT2D eigenvalue weighted by Gasteiger charge is -2.14. The van der Waals surface area contributed by atoms with Crippen molar-refractivity contribution >= 4 is 0 Å². The molecule has 0 aliphatic heterocycles. The van der Waals surface area contributed by atoms with Gasteiger partial charge in [-0.05, 0) is 51.8 Å². The lowest BCUT2D eigenvalue weighted by atomic mass is 10.1. The monoisotopic (exact) mass is 236 g/mol. The summed E-state index contributed by atoms with van der Waals surface area (Å²) in [6.07, 6.45) is 7.25. The minimum Gasteiger partial charge on any atom is -0.489 e. The highest BCUT2D eigenvalue weighted by Gasteiger charge is 2.05. The van der Waals surface area contributed by atoms with Gasteiger partial charge in [-0.2, -0.15) is 0 Å². The summed E-state index contributed by atoms with van der Waals surface area (Å²) in [5.74, 6) is 0.870. The van der Waals surface area contributed by atoms with Crippen molar-refractivity contribution < 1.29 is 4.74 Å². The van der Waals surface area contributed by atoms with Crippen molar-refractivity contribution in [1.29, 1.82) is 0 Å². The summed E-state index contributed by atoms with van der Waals surface area (Å²) in [5.41, 5.74) is 1.25. The van der Waals surface area contributed by atoms with E-state index in [4.69, 9.17) is 4.74 Å². The van der Waals surface area contributed by atoms with Gasteiger partial charge in [0.05, 0.1) is 12.3 Å². The molecule has 3 nitrogen and oxygen atoms in total. The Kier molecular flexibility index (Phi) is 5.98. The molecule has 1 aromatic rings. The zero-order valence-corrected chi connectivity index (χ0v) is 11.4. The molecule has 1 N–H and O–H groups in total. The minimum absolute atomic E-state index is 0.202. The van der Waals surface area contributed by atoms with E-state index in [9.17, 15) is 0 Å². The van der Waals surface area contributed by atoms with E-state index >= 15 is 0 Å².